The van der Waals surface area contributed by atoms with Gasteiger partial charge in [-0.15, -0.1) is 11.3 Å². The van der Waals surface area contributed by atoms with Gasteiger partial charge in [0.05, 0.1) is 0 Å². The van der Waals surface area contributed by atoms with Crippen LogP contribution in [0, 0.1) is 13.8 Å². The lowest BCUT2D eigenvalue weighted by atomic mass is 10.1. The number of rotatable bonds is 4. The molecule has 0 atom stereocenters. The maximum atomic E-state index is 2.30. The standard InChI is InChI=1S/C30H24S/c1-21-3-7-23(8-4-21)11-13-25-15-17-27-28-18-16-26(20-30(28)31-29(27)19-25)14-12-24-9-5-22(2)6-10-24/h3-20H,1-2H3. The number of fused-ring (bicyclic) bond motifs is 3. The summed E-state index contributed by atoms with van der Waals surface area (Å²) in [7, 11) is 0. The summed E-state index contributed by atoms with van der Waals surface area (Å²) in [5, 5.41) is 2.67. The molecule has 5 aromatic rings. The molecule has 1 aromatic heterocycles. The molecule has 0 nitrogen and oxygen atoms in total. The number of hydrogen-bond acceptors (Lipinski definition) is 1. The maximum absolute atomic E-state index is 2.30. The molecule has 0 N–H and O–H groups in total. The Bertz CT molecular complexity index is 1300. The van der Waals surface area contributed by atoms with Gasteiger partial charge in [-0.05, 0) is 48.2 Å². The summed E-state index contributed by atoms with van der Waals surface area (Å²) >= 11 is 1.87. The SMILES string of the molecule is Cc1ccc(C=Cc2ccc3c(c2)sc2cc(C=Cc4ccc(C)cc4)ccc23)cc1. The second-order valence-corrected chi connectivity index (χ2v) is 9.19. The van der Waals surface area contributed by atoms with Crippen LogP contribution in [0.1, 0.15) is 33.4 Å². The summed E-state index contributed by atoms with van der Waals surface area (Å²) in [6.45, 7) is 4.24. The Morgan fingerprint density at radius 1 is 0.452 bits per heavy atom. The molecule has 0 aliphatic heterocycles. The van der Waals surface area contributed by atoms with Crippen molar-refractivity contribution in [3.63, 3.8) is 0 Å². The van der Waals surface area contributed by atoms with Gasteiger partial charge in [0, 0.05) is 20.2 Å². The molecule has 0 radical (unpaired) electrons. The smallest absolute Gasteiger partial charge is 0.0361 e. The van der Waals surface area contributed by atoms with Crippen LogP contribution in [0.2, 0.25) is 0 Å². The van der Waals surface area contributed by atoms with Crippen molar-refractivity contribution in [1.29, 1.82) is 0 Å². The largest absolute Gasteiger partial charge is 0.135 e. The van der Waals surface area contributed by atoms with E-state index in [1.807, 2.05) is 11.3 Å². The van der Waals surface area contributed by atoms with Crippen LogP contribution in [-0.2, 0) is 0 Å². The van der Waals surface area contributed by atoms with Crippen molar-refractivity contribution in [3.05, 3.63) is 118 Å². The fraction of sp³-hybridized carbons (Fsp3) is 0.0667. The highest BCUT2D eigenvalue weighted by atomic mass is 32.1. The van der Waals surface area contributed by atoms with E-state index in [0.29, 0.717) is 0 Å². The molecule has 5 rings (SSSR count). The van der Waals surface area contributed by atoms with Crippen LogP contribution < -0.4 is 0 Å². The van der Waals surface area contributed by atoms with E-state index >= 15 is 0 Å². The minimum absolute atomic E-state index is 1.23. The van der Waals surface area contributed by atoms with Crippen molar-refractivity contribution in [1.82, 2.24) is 0 Å². The Labute approximate surface area is 187 Å². The molecule has 0 bridgehead atoms. The first kappa shape index (κ1) is 19.5. The zero-order valence-electron chi connectivity index (χ0n) is 17.8. The van der Waals surface area contributed by atoms with Gasteiger partial charge in [0.2, 0.25) is 0 Å². The third-order valence-corrected chi connectivity index (χ3v) is 6.73. The van der Waals surface area contributed by atoms with Gasteiger partial charge >= 0.3 is 0 Å². The number of benzene rings is 4. The third-order valence-electron chi connectivity index (χ3n) is 5.61. The van der Waals surface area contributed by atoms with Gasteiger partial charge < -0.3 is 0 Å². The van der Waals surface area contributed by atoms with E-state index in [1.165, 1.54) is 53.6 Å². The second kappa shape index (κ2) is 8.37. The number of thiophene rings is 1. The van der Waals surface area contributed by atoms with E-state index in [1.54, 1.807) is 0 Å². The highest BCUT2D eigenvalue weighted by Crippen LogP contribution is 2.35. The Morgan fingerprint density at radius 2 is 0.806 bits per heavy atom. The molecule has 4 aromatic carbocycles. The Kier molecular flexibility index (Phi) is 5.28. The molecule has 1 heteroatoms. The van der Waals surface area contributed by atoms with Crippen LogP contribution in [0.5, 0.6) is 0 Å². The van der Waals surface area contributed by atoms with Gasteiger partial charge in [-0.3, -0.25) is 0 Å². The van der Waals surface area contributed by atoms with Crippen molar-refractivity contribution >= 4 is 55.8 Å². The fourth-order valence-electron chi connectivity index (χ4n) is 3.76. The molecule has 0 unspecified atom stereocenters. The molecular formula is C30H24S. The third kappa shape index (κ3) is 4.38. The van der Waals surface area contributed by atoms with Crippen LogP contribution in [-0.4, -0.2) is 0 Å². The molecule has 150 valence electrons. The van der Waals surface area contributed by atoms with Crippen molar-refractivity contribution in [3.8, 4) is 0 Å². The molecule has 0 fully saturated rings. The zero-order chi connectivity index (χ0) is 21.2. The van der Waals surface area contributed by atoms with Crippen LogP contribution in [0.4, 0.5) is 0 Å². The second-order valence-electron chi connectivity index (χ2n) is 8.10. The van der Waals surface area contributed by atoms with Crippen molar-refractivity contribution in [2.24, 2.45) is 0 Å². The quantitative estimate of drug-likeness (QED) is 0.256. The molecule has 0 aliphatic carbocycles. The predicted molar refractivity (Wildman–Crippen MR) is 140 cm³/mol. The van der Waals surface area contributed by atoms with Crippen LogP contribution in [0.15, 0.2) is 84.9 Å². The van der Waals surface area contributed by atoms with E-state index < -0.39 is 0 Å². The molecule has 0 spiro atoms. The normalized spacial score (nSPS) is 11.9. The topological polar surface area (TPSA) is 0 Å². The highest BCUT2D eigenvalue weighted by molar-refractivity contribution is 7.25. The summed E-state index contributed by atoms with van der Waals surface area (Å²) in [5.41, 5.74) is 7.51. The van der Waals surface area contributed by atoms with Crippen LogP contribution >= 0.6 is 11.3 Å². The molecule has 0 aliphatic rings. The lowest BCUT2D eigenvalue weighted by molar-refractivity contribution is 1.46. The molecule has 0 amide bonds. The monoisotopic (exact) mass is 416 g/mol. The van der Waals surface area contributed by atoms with Crippen LogP contribution in [0.3, 0.4) is 0 Å². The first-order valence-electron chi connectivity index (χ1n) is 10.6. The Balaban J connectivity index is 1.43. The minimum atomic E-state index is 1.23. The first-order chi connectivity index (χ1) is 15.1. The van der Waals surface area contributed by atoms with Gasteiger partial charge in [-0.2, -0.15) is 0 Å². The van der Waals surface area contributed by atoms with E-state index in [-0.39, 0.29) is 0 Å². The van der Waals surface area contributed by atoms with Crippen molar-refractivity contribution in [2.75, 3.05) is 0 Å². The van der Waals surface area contributed by atoms with E-state index in [2.05, 4.69) is 123 Å². The molecule has 1 heterocycles. The van der Waals surface area contributed by atoms with Gasteiger partial charge in [-0.25, -0.2) is 0 Å². The van der Waals surface area contributed by atoms with E-state index in [0.717, 1.165) is 0 Å². The summed E-state index contributed by atoms with van der Waals surface area (Å²) in [6, 6.07) is 30.8. The predicted octanol–water partition coefficient (Wildman–Crippen LogP) is 9.01. The van der Waals surface area contributed by atoms with Crippen molar-refractivity contribution in [2.45, 2.75) is 13.8 Å². The first-order valence-corrected chi connectivity index (χ1v) is 11.4. The lowest BCUT2D eigenvalue weighted by Gasteiger charge is -1.98. The molecular weight excluding hydrogens is 392 g/mol. The van der Waals surface area contributed by atoms with Gasteiger partial charge in [0.25, 0.3) is 0 Å². The summed E-state index contributed by atoms with van der Waals surface area (Å²) in [6.07, 6.45) is 8.76. The molecule has 31 heavy (non-hydrogen) atoms. The fourth-order valence-corrected chi connectivity index (χ4v) is 4.96. The minimum Gasteiger partial charge on any atom is -0.135 e. The van der Waals surface area contributed by atoms with Crippen LogP contribution in [0.25, 0.3) is 44.5 Å². The summed E-state index contributed by atoms with van der Waals surface area (Å²) < 4.78 is 2.67. The molecule has 0 saturated carbocycles. The Morgan fingerprint density at radius 3 is 1.23 bits per heavy atom. The average Bonchev–Trinajstić information content (AvgIpc) is 3.15. The van der Waals surface area contributed by atoms with E-state index in [9.17, 15) is 0 Å². The summed E-state index contributed by atoms with van der Waals surface area (Å²) in [4.78, 5) is 0. The summed E-state index contributed by atoms with van der Waals surface area (Å²) in [5.74, 6) is 0. The lowest BCUT2D eigenvalue weighted by Crippen LogP contribution is -1.75. The number of aryl methyl sites for hydroxylation is 2. The highest BCUT2D eigenvalue weighted by Gasteiger charge is 2.05. The van der Waals surface area contributed by atoms with Gasteiger partial charge in [0.15, 0.2) is 0 Å². The number of hydrogen-bond donors (Lipinski definition) is 0. The zero-order valence-corrected chi connectivity index (χ0v) is 18.6. The average molecular weight is 417 g/mol. The van der Waals surface area contributed by atoms with Gasteiger partial charge in [-0.1, -0.05) is 108 Å². The Hall–Kier alpha value is -3.42. The molecule has 0 saturated heterocycles. The maximum Gasteiger partial charge on any atom is 0.0361 e. The van der Waals surface area contributed by atoms with Gasteiger partial charge in [0.1, 0.15) is 0 Å². The van der Waals surface area contributed by atoms with E-state index in [4.69, 9.17) is 0 Å². The van der Waals surface area contributed by atoms with Crippen molar-refractivity contribution < 1.29 is 0 Å².